The van der Waals surface area contributed by atoms with Crippen molar-refractivity contribution in [2.24, 2.45) is 0 Å². The van der Waals surface area contributed by atoms with Gasteiger partial charge in [-0.25, -0.2) is 18.9 Å². The predicted octanol–water partition coefficient (Wildman–Crippen LogP) is 4.17. The first-order valence-corrected chi connectivity index (χ1v) is 11.2. The lowest BCUT2D eigenvalue weighted by Gasteiger charge is -2.26. The number of ether oxygens (including phenoxy) is 2. The molecular formula is C27H21FN2O7. The molecule has 0 saturated carbocycles. The molecule has 1 aliphatic rings. The third-order valence-corrected chi connectivity index (χ3v) is 5.36. The van der Waals surface area contributed by atoms with Crippen LogP contribution in [0.5, 0.6) is 11.5 Å². The van der Waals surface area contributed by atoms with Crippen molar-refractivity contribution in [2.75, 3.05) is 11.5 Å². The number of hydrogen-bond donors (Lipinski definition) is 2. The fourth-order valence-electron chi connectivity index (χ4n) is 3.56. The van der Waals surface area contributed by atoms with Gasteiger partial charge in [0.15, 0.2) is 11.5 Å². The van der Waals surface area contributed by atoms with Crippen LogP contribution < -0.4 is 19.7 Å². The van der Waals surface area contributed by atoms with Crippen LogP contribution in [0.25, 0.3) is 6.08 Å². The number of benzene rings is 3. The number of carbonyl (C=O) groups is 4. The molecule has 4 rings (SSSR count). The smallest absolute Gasteiger partial charge is 0.335 e. The van der Waals surface area contributed by atoms with Gasteiger partial charge in [0.1, 0.15) is 18.0 Å². The second-order valence-electron chi connectivity index (χ2n) is 7.86. The summed E-state index contributed by atoms with van der Waals surface area (Å²) in [6.07, 6.45) is 1.32. The van der Waals surface area contributed by atoms with Crippen molar-refractivity contribution in [3.8, 4) is 11.5 Å². The van der Waals surface area contributed by atoms with Crippen molar-refractivity contribution in [1.29, 1.82) is 0 Å². The van der Waals surface area contributed by atoms with Crippen molar-refractivity contribution in [3.63, 3.8) is 0 Å². The van der Waals surface area contributed by atoms with Gasteiger partial charge in [0.2, 0.25) is 0 Å². The first-order chi connectivity index (χ1) is 17.8. The summed E-state index contributed by atoms with van der Waals surface area (Å²) >= 11 is 0. The topological polar surface area (TPSA) is 122 Å². The van der Waals surface area contributed by atoms with Crippen LogP contribution in [0.15, 0.2) is 72.3 Å². The molecule has 10 heteroatoms. The molecule has 1 heterocycles. The van der Waals surface area contributed by atoms with Gasteiger partial charge >= 0.3 is 12.0 Å². The van der Waals surface area contributed by atoms with E-state index >= 15 is 0 Å². The maximum atomic E-state index is 13.3. The van der Waals surface area contributed by atoms with Crippen molar-refractivity contribution in [1.82, 2.24) is 5.32 Å². The number of imide groups is 2. The monoisotopic (exact) mass is 504 g/mol. The molecule has 0 unspecified atom stereocenters. The largest absolute Gasteiger partial charge is 0.490 e. The van der Waals surface area contributed by atoms with E-state index in [1.54, 1.807) is 37.3 Å². The molecule has 0 radical (unpaired) electrons. The fraction of sp³-hybridized carbons (Fsp3) is 0.111. The molecule has 0 aliphatic carbocycles. The van der Waals surface area contributed by atoms with Crippen molar-refractivity contribution in [2.45, 2.75) is 13.5 Å². The molecule has 0 spiro atoms. The first-order valence-electron chi connectivity index (χ1n) is 11.2. The number of anilines is 1. The standard InChI is InChI=1S/C27H21FN2O7/c1-2-36-23-14-17(5-12-22(23)37-15-16-3-6-18(7-4-16)26(33)34)13-21-24(31)29-27(35)30(25(21)32)20-10-8-19(28)9-11-20/h3-14H,2,15H2,1H3,(H,33,34)(H,29,31,35)/b21-13+. The van der Waals surface area contributed by atoms with E-state index in [0.717, 1.165) is 22.6 Å². The van der Waals surface area contributed by atoms with Crippen LogP contribution in [0, 0.1) is 5.82 Å². The summed E-state index contributed by atoms with van der Waals surface area (Å²) in [4.78, 5) is 49.6. The maximum absolute atomic E-state index is 13.3. The molecule has 0 bridgehead atoms. The van der Waals surface area contributed by atoms with Crippen LogP contribution in [0.1, 0.15) is 28.4 Å². The predicted molar refractivity (Wildman–Crippen MR) is 131 cm³/mol. The normalized spacial score (nSPS) is 14.5. The lowest BCUT2D eigenvalue weighted by molar-refractivity contribution is -0.122. The summed E-state index contributed by atoms with van der Waals surface area (Å²) in [6, 6.07) is 14.8. The average Bonchev–Trinajstić information content (AvgIpc) is 2.87. The quantitative estimate of drug-likeness (QED) is 0.349. The average molecular weight is 504 g/mol. The number of amides is 4. The number of carboxylic acid groups (broad SMARTS) is 1. The summed E-state index contributed by atoms with van der Waals surface area (Å²) in [5.74, 6) is -2.53. The van der Waals surface area contributed by atoms with Crippen LogP contribution in [0.2, 0.25) is 0 Å². The van der Waals surface area contributed by atoms with Crippen LogP contribution in [-0.4, -0.2) is 35.5 Å². The Bertz CT molecular complexity index is 1400. The van der Waals surface area contributed by atoms with Crippen LogP contribution >= 0.6 is 0 Å². The van der Waals surface area contributed by atoms with Crippen LogP contribution in [0.4, 0.5) is 14.9 Å². The summed E-state index contributed by atoms with van der Waals surface area (Å²) in [7, 11) is 0. The molecule has 188 valence electrons. The van der Waals surface area contributed by atoms with Gasteiger partial charge in [-0.05, 0) is 72.7 Å². The van der Waals surface area contributed by atoms with E-state index in [9.17, 15) is 23.6 Å². The molecule has 3 aromatic carbocycles. The summed E-state index contributed by atoms with van der Waals surface area (Å²) in [5.41, 5.74) is 1.16. The number of urea groups is 1. The summed E-state index contributed by atoms with van der Waals surface area (Å²) in [5, 5.41) is 11.1. The Hall–Kier alpha value is -4.99. The second kappa shape index (κ2) is 10.7. The third-order valence-electron chi connectivity index (χ3n) is 5.36. The maximum Gasteiger partial charge on any atom is 0.335 e. The zero-order valence-corrected chi connectivity index (χ0v) is 19.6. The van der Waals surface area contributed by atoms with Crippen molar-refractivity contribution in [3.05, 3.63) is 94.8 Å². The van der Waals surface area contributed by atoms with Gasteiger partial charge in [0.05, 0.1) is 17.9 Å². The molecule has 9 nitrogen and oxygen atoms in total. The second-order valence-corrected chi connectivity index (χ2v) is 7.86. The molecule has 37 heavy (non-hydrogen) atoms. The molecule has 1 saturated heterocycles. The highest BCUT2D eigenvalue weighted by atomic mass is 19.1. The van der Waals surface area contributed by atoms with E-state index in [0.29, 0.717) is 23.7 Å². The SMILES string of the molecule is CCOc1cc(/C=C2\C(=O)NC(=O)N(c3ccc(F)cc3)C2=O)ccc1OCc1ccc(C(=O)O)cc1. The molecule has 4 amide bonds. The zero-order valence-electron chi connectivity index (χ0n) is 19.6. The van der Waals surface area contributed by atoms with Gasteiger partial charge < -0.3 is 14.6 Å². The first kappa shape index (κ1) is 25.1. The van der Waals surface area contributed by atoms with E-state index in [1.807, 2.05) is 0 Å². The fourth-order valence-corrected chi connectivity index (χ4v) is 3.56. The van der Waals surface area contributed by atoms with Gasteiger partial charge in [-0.1, -0.05) is 18.2 Å². The molecule has 2 N–H and O–H groups in total. The Morgan fingerprint density at radius 3 is 2.32 bits per heavy atom. The van der Waals surface area contributed by atoms with Gasteiger partial charge in [-0.3, -0.25) is 14.9 Å². The van der Waals surface area contributed by atoms with Crippen molar-refractivity contribution < 1.29 is 38.1 Å². The van der Waals surface area contributed by atoms with Crippen LogP contribution in [-0.2, 0) is 16.2 Å². The van der Waals surface area contributed by atoms with E-state index < -0.39 is 29.6 Å². The number of carboxylic acids is 1. The summed E-state index contributed by atoms with van der Waals surface area (Å²) < 4.78 is 24.8. The van der Waals surface area contributed by atoms with Gasteiger partial charge in [-0.2, -0.15) is 0 Å². The van der Waals surface area contributed by atoms with Gasteiger partial charge in [0.25, 0.3) is 11.8 Å². The number of barbiturate groups is 1. The highest BCUT2D eigenvalue weighted by molar-refractivity contribution is 6.39. The van der Waals surface area contributed by atoms with E-state index in [1.165, 1.54) is 30.3 Å². The van der Waals surface area contributed by atoms with Crippen LogP contribution in [0.3, 0.4) is 0 Å². The molecule has 3 aromatic rings. The number of hydrogen-bond acceptors (Lipinski definition) is 6. The Balaban J connectivity index is 1.57. The molecular weight excluding hydrogens is 483 g/mol. The van der Waals surface area contributed by atoms with E-state index in [-0.39, 0.29) is 23.4 Å². The minimum Gasteiger partial charge on any atom is -0.490 e. The number of carbonyl (C=O) groups excluding carboxylic acids is 3. The molecule has 0 atom stereocenters. The van der Waals surface area contributed by atoms with Gasteiger partial charge in [-0.15, -0.1) is 0 Å². The molecule has 1 fully saturated rings. The van der Waals surface area contributed by atoms with Crippen molar-refractivity contribution >= 4 is 35.6 Å². The van der Waals surface area contributed by atoms with Gasteiger partial charge in [0, 0.05) is 0 Å². The Kier molecular flexibility index (Phi) is 7.28. The lowest BCUT2D eigenvalue weighted by Crippen LogP contribution is -2.54. The minimum atomic E-state index is -1.02. The number of rotatable bonds is 8. The zero-order chi connectivity index (χ0) is 26.5. The summed E-state index contributed by atoms with van der Waals surface area (Å²) in [6.45, 7) is 2.25. The number of halogens is 1. The Labute approximate surface area is 210 Å². The molecule has 0 aromatic heterocycles. The Morgan fingerprint density at radius 2 is 1.68 bits per heavy atom. The Morgan fingerprint density at radius 1 is 0.973 bits per heavy atom. The van der Waals surface area contributed by atoms with E-state index in [4.69, 9.17) is 14.6 Å². The highest BCUT2D eigenvalue weighted by Crippen LogP contribution is 2.31. The minimum absolute atomic E-state index is 0.109. The third kappa shape index (κ3) is 5.64. The number of aromatic carboxylic acids is 1. The number of nitrogens with zero attached hydrogens (tertiary/aromatic N) is 1. The van der Waals surface area contributed by atoms with E-state index in [2.05, 4.69) is 5.32 Å². The lowest BCUT2D eigenvalue weighted by atomic mass is 10.1. The molecule has 1 aliphatic heterocycles. The highest BCUT2D eigenvalue weighted by Gasteiger charge is 2.36. The number of nitrogens with one attached hydrogen (secondary N) is 1.